The molecule has 1 saturated heterocycles. The maximum absolute atomic E-state index is 13.0. The first-order valence-corrected chi connectivity index (χ1v) is 7.54. The number of hydrogen-bond donors (Lipinski definition) is 2. The van der Waals surface area contributed by atoms with Crippen molar-refractivity contribution in [1.29, 1.82) is 0 Å². The van der Waals surface area contributed by atoms with E-state index in [-0.39, 0.29) is 17.9 Å². The highest BCUT2D eigenvalue weighted by Crippen LogP contribution is 2.23. The number of halogens is 2. The number of benzene rings is 1. The molecule has 2 heterocycles. The highest BCUT2D eigenvalue weighted by atomic mass is 127. The van der Waals surface area contributed by atoms with E-state index in [1.54, 1.807) is 0 Å². The number of anilines is 1. The lowest BCUT2D eigenvalue weighted by molar-refractivity contribution is 0.102. The lowest BCUT2D eigenvalue weighted by Crippen LogP contribution is -2.14. The second-order valence-corrected chi connectivity index (χ2v) is 5.83. The minimum absolute atomic E-state index is 0.0452. The van der Waals surface area contributed by atoms with Gasteiger partial charge in [0.05, 0.1) is 11.6 Å². The van der Waals surface area contributed by atoms with Gasteiger partial charge in [-0.15, -0.1) is 5.10 Å². The third-order valence-electron chi connectivity index (χ3n) is 3.20. The molecule has 1 aromatic heterocycles. The maximum atomic E-state index is 13.0. The Morgan fingerprint density at radius 3 is 3.05 bits per heavy atom. The third-order valence-corrected chi connectivity index (χ3v) is 4.09. The Morgan fingerprint density at radius 1 is 1.48 bits per heavy atom. The molecule has 0 spiro atoms. The van der Waals surface area contributed by atoms with Crippen molar-refractivity contribution in [2.24, 2.45) is 0 Å². The number of hydrogen-bond acceptors (Lipinski definition) is 5. The van der Waals surface area contributed by atoms with E-state index in [2.05, 4.69) is 20.8 Å². The summed E-state index contributed by atoms with van der Waals surface area (Å²) >= 11 is 1.90. The van der Waals surface area contributed by atoms with Crippen LogP contribution in [-0.4, -0.2) is 22.6 Å². The van der Waals surface area contributed by atoms with Crippen LogP contribution in [0.25, 0.3) is 0 Å². The molecule has 0 aliphatic carbocycles. The number of rotatable bonds is 3. The summed E-state index contributed by atoms with van der Waals surface area (Å²) in [7, 11) is 0. The Labute approximate surface area is 133 Å². The average Bonchev–Trinajstić information content (AvgIpc) is 3.08. The zero-order valence-electron chi connectivity index (χ0n) is 10.9. The van der Waals surface area contributed by atoms with E-state index in [0.29, 0.717) is 15.0 Å². The summed E-state index contributed by atoms with van der Waals surface area (Å²) in [6.07, 6.45) is 1.99. The number of carbonyl (C=O) groups is 1. The van der Waals surface area contributed by atoms with Gasteiger partial charge in [-0.1, -0.05) is 5.10 Å². The third kappa shape index (κ3) is 3.21. The van der Waals surface area contributed by atoms with Crippen LogP contribution >= 0.6 is 22.6 Å². The van der Waals surface area contributed by atoms with Crippen molar-refractivity contribution < 1.29 is 13.6 Å². The summed E-state index contributed by atoms with van der Waals surface area (Å²) in [5, 5.41) is 13.5. The number of nitrogens with one attached hydrogen (secondary N) is 2. The second kappa shape index (κ2) is 6.06. The smallest absolute Gasteiger partial charge is 0.322 e. The predicted molar refractivity (Wildman–Crippen MR) is 81.3 cm³/mol. The van der Waals surface area contributed by atoms with Crippen molar-refractivity contribution in [3.63, 3.8) is 0 Å². The Hall–Kier alpha value is -1.55. The molecule has 110 valence electrons. The SMILES string of the molecule is O=C(Nc1nnc(C2CCCN2)o1)c1ccc(F)cc1I. The van der Waals surface area contributed by atoms with Gasteiger partial charge >= 0.3 is 6.01 Å². The van der Waals surface area contributed by atoms with E-state index in [1.165, 1.54) is 18.2 Å². The first-order chi connectivity index (χ1) is 10.1. The zero-order valence-corrected chi connectivity index (χ0v) is 13.1. The summed E-state index contributed by atoms with van der Waals surface area (Å²) in [6, 6.07) is 4.04. The lowest BCUT2D eigenvalue weighted by atomic mass is 10.2. The van der Waals surface area contributed by atoms with Crippen molar-refractivity contribution in [2.75, 3.05) is 11.9 Å². The molecule has 1 fully saturated rings. The molecule has 0 bridgehead atoms. The molecule has 6 nitrogen and oxygen atoms in total. The van der Waals surface area contributed by atoms with Crippen molar-refractivity contribution in [3.05, 3.63) is 39.0 Å². The Bertz CT molecular complexity index is 670. The van der Waals surface area contributed by atoms with Crippen LogP contribution in [0.15, 0.2) is 22.6 Å². The minimum Gasteiger partial charge on any atom is -0.406 e. The minimum atomic E-state index is -0.408. The number of aromatic nitrogens is 2. The summed E-state index contributed by atoms with van der Waals surface area (Å²) < 4.78 is 19.0. The topological polar surface area (TPSA) is 80.0 Å². The van der Waals surface area contributed by atoms with Crippen LogP contribution in [0.1, 0.15) is 35.1 Å². The molecule has 3 rings (SSSR count). The zero-order chi connectivity index (χ0) is 14.8. The largest absolute Gasteiger partial charge is 0.406 e. The Balaban J connectivity index is 1.72. The van der Waals surface area contributed by atoms with Crippen molar-refractivity contribution in [1.82, 2.24) is 15.5 Å². The van der Waals surface area contributed by atoms with Crippen LogP contribution in [0.3, 0.4) is 0 Å². The van der Waals surface area contributed by atoms with Gasteiger partial charge in [-0.3, -0.25) is 10.1 Å². The molecular formula is C13H12FIN4O2. The van der Waals surface area contributed by atoms with Gasteiger partial charge in [0.15, 0.2) is 0 Å². The van der Waals surface area contributed by atoms with Crippen LogP contribution in [0, 0.1) is 9.39 Å². The van der Waals surface area contributed by atoms with E-state index < -0.39 is 5.91 Å². The number of amides is 1. The van der Waals surface area contributed by atoms with E-state index >= 15 is 0 Å². The first-order valence-electron chi connectivity index (χ1n) is 6.46. The van der Waals surface area contributed by atoms with E-state index in [0.717, 1.165) is 19.4 Å². The van der Waals surface area contributed by atoms with Gasteiger partial charge in [-0.05, 0) is 60.2 Å². The van der Waals surface area contributed by atoms with Crippen molar-refractivity contribution in [3.8, 4) is 0 Å². The number of nitrogens with zero attached hydrogens (tertiary/aromatic N) is 2. The van der Waals surface area contributed by atoms with Gasteiger partial charge < -0.3 is 9.73 Å². The molecule has 2 aromatic rings. The standard InChI is InChI=1S/C13H12FIN4O2/c14-7-3-4-8(9(15)6-7)11(20)17-13-19-18-12(21-13)10-2-1-5-16-10/h3-4,6,10,16H,1-2,5H2,(H,17,19,20). The van der Waals surface area contributed by atoms with Gasteiger partial charge in [0.2, 0.25) is 5.89 Å². The fourth-order valence-corrected chi connectivity index (χ4v) is 2.88. The van der Waals surface area contributed by atoms with Gasteiger partial charge in [-0.2, -0.15) is 0 Å². The van der Waals surface area contributed by atoms with Crippen LogP contribution in [0.5, 0.6) is 0 Å². The van der Waals surface area contributed by atoms with Gasteiger partial charge in [0.1, 0.15) is 5.82 Å². The van der Waals surface area contributed by atoms with Crippen molar-refractivity contribution >= 4 is 34.5 Å². The fourth-order valence-electron chi connectivity index (χ4n) is 2.16. The Kier molecular flexibility index (Phi) is 4.15. The molecule has 1 aromatic carbocycles. The maximum Gasteiger partial charge on any atom is 0.322 e. The molecule has 1 unspecified atom stereocenters. The fraction of sp³-hybridized carbons (Fsp3) is 0.308. The molecule has 0 radical (unpaired) electrons. The van der Waals surface area contributed by atoms with E-state index in [1.807, 2.05) is 22.6 Å². The summed E-state index contributed by atoms with van der Waals surface area (Å²) in [6.45, 7) is 0.919. The Morgan fingerprint density at radius 2 is 2.33 bits per heavy atom. The van der Waals surface area contributed by atoms with Gasteiger partial charge in [0, 0.05) is 3.57 Å². The molecule has 8 heteroatoms. The van der Waals surface area contributed by atoms with Crippen LogP contribution < -0.4 is 10.6 Å². The lowest BCUT2D eigenvalue weighted by Gasteiger charge is -2.04. The molecule has 1 amide bonds. The molecule has 1 aliphatic rings. The highest BCUT2D eigenvalue weighted by molar-refractivity contribution is 14.1. The molecule has 2 N–H and O–H groups in total. The number of carbonyl (C=O) groups excluding carboxylic acids is 1. The average molecular weight is 402 g/mol. The normalized spacial score (nSPS) is 17.9. The van der Waals surface area contributed by atoms with E-state index in [4.69, 9.17) is 4.42 Å². The van der Waals surface area contributed by atoms with Gasteiger partial charge in [-0.25, -0.2) is 4.39 Å². The molecular weight excluding hydrogens is 390 g/mol. The molecule has 0 saturated carbocycles. The van der Waals surface area contributed by atoms with E-state index in [9.17, 15) is 9.18 Å². The monoisotopic (exact) mass is 402 g/mol. The molecule has 1 atom stereocenters. The summed E-state index contributed by atoms with van der Waals surface area (Å²) in [4.78, 5) is 12.1. The predicted octanol–water partition coefficient (Wildman–Crippen LogP) is 2.49. The second-order valence-electron chi connectivity index (χ2n) is 4.67. The van der Waals surface area contributed by atoms with Crippen molar-refractivity contribution in [2.45, 2.75) is 18.9 Å². The quantitative estimate of drug-likeness (QED) is 0.772. The van der Waals surface area contributed by atoms with Crippen LogP contribution in [0.2, 0.25) is 0 Å². The molecule has 1 aliphatic heterocycles. The summed E-state index contributed by atoms with van der Waals surface area (Å²) in [5.41, 5.74) is 0.357. The van der Waals surface area contributed by atoms with Crippen LogP contribution in [-0.2, 0) is 0 Å². The van der Waals surface area contributed by atoms with Gasteiger partial charge in [0.25, 0.3) is 5.91 Å². The highest BCUT2D eigenvalue weighted by Gasteiger charge is 2.23. The first kappa shape index (κ1) is 14.4. The summed E-state index contributed by atoms with van der Waals surface area (Å²) in [5.74, 6) is -0.325. The molecule has 21 heavy (non-hydrogen) atoms. The van der Waals surface area contributed by atoms with Crippen LogP contribution in [0.4, 0.5) is 10.4 Å².